The van der Waals surface area contributed by atoms with Gasteiger partial charge in [-0.05, 0) is 0 Å². The Bertz CT molecular complexity index is 425. The third-order valence-corrected chi connectivity index (χ3v) is 5.69. The zero-order valence-corrected chi connectivity index (χ0v) is 11.4. The third kappa shape index (κ3) is 7.43. The second-order valence-electron chi connectivity index (χ2n) is 3.48. The van der Waals surface area contributed by atoms with Gasteiger partial charge in [0.15, 0.2) is 5.40 Å². The van der Waals surface area contributed by atoms with Crippen LogP contribution in [0.4, 0.5) is 9.59 Å². The monoisotopic (exact) mass is 338 g/mol. The first-order valence-electron chi connectivity index (χ1n) is 4.69. The summed E-state index contributed by atoms with van der Waals surface area (Å²) < 4.78 is 30.0. The molecule has 0 saturated heterocycles. The lowest BCUT2D eigenvalue weighted by Crippen LogP contribution is -2.28. The normalized spacial score (nSPS) is 13.8. The van der Waals surface area contributed by atoms with E-state index in [1.54, 1.807) is 0 Å². The molecule has 12 nitrogen and oxygen atoms in total. The maximum Gasteiger partial charge on any atom is 0.506 e. The first-order chi connectivity index (χ1) is 8.84. The van der Waals surface area contributed by atoms with E-state index in [1.807, 2.05) is 0 Å². The molecule has 0 fully saturated rings. The molecule has 0 aliphatic rings. The number of carboxylic acid groups (broad SMARTS) is 2. The Labute approximate surface area is 111 Å². The molecule has 118 valence electrons. The summed E-state index contributed by atoms with van der Waals surface area (Å²) >= 11 is 0. The molecular formula is C6H12O12P2. The van der Waals surface area contributed by atoms with Gasteiger partial charge in [0.1, 0.15) is 12.7 Å². The summed E-state index contributed by atoms with van der Waals surface area (Å²) in [5, 5.41) is 14.0. The molecule has 0 amide bonds. The predicted molar refractivity (Wildman–Crippen MR) is 59.4 cm³/mol. The van der Waals surface area contributed by atoms with Crippen molar-refractivity contribution >= 4 is 27.5 Å². The van der Waals surface area contributed by atoms with E-state index in [2.05, 4.69) is 9.47 Å². The van der Waals surface area contributed by atoms with Gasteiger partial charge in [-0.15, -0.1) is 0 Å². The molecule has 0 rings (SSSR count). The van der Waals surface area contributed by atoms with E-state index in [1.165, 1.54) is 0 Å². The minimum Gasteiger partial charge on any atom is -0.450 e. The summed E-state index contributed by atoms with van der Waals surface area (Å²) in [6.07, 6.45) is -6.66. The van der Waals surface area contributed by atoms with Crippen LogP contribution in [-0.2, 0) is 18.6 Å². The Balaban J connectivity index is 5.07. The van der Waals surface area contributed by atoms with Crippen LogP contribution in [0, 0.1) is 0 Å². The van der Waals surface area contributed by atoms with Crippen LogP contribution >= 0.6 is 15.2 Å². The van der Waals surface area contributed by atoms with E-state index in [4.69, 9.17) is 29.8 Å². The van der Waals surface area contributed by atoms with Crippen molar-refractivity contribution in [2.45, 2.75) is 17.9 Å². The minimum atomic E-state index is -5.28. The second kappa shape index (κ2) is 7.02. The van der Waals surface area contributed by atoms with E-state index in [0.717, 1.165) is 0 Å². The molecule has 20 heavy (non-hydrogen) atoms. The predicted octanol–water partition coefficient (Wildman–Crippen LogP) is -0.184. The Morgan fingerprint density at radius 2 is 1.40 bits per heavy atom. The van der Waals surface area contributed by atoms with Crippen LogP contribution in [0.3, 0.4) is 0 Å². The Morgan fingerprint density at radius 1 is 0.950 bits per heavy atom. The number of hydrogen-bond donors (Lipinski definition) is 6. The quantitative estimate of drug-likeness (QED) is 0.264. The largest absolute Gasteiger partial charge is 0.506 e. The fraction of sp³-hybridized carbons (Fsp3) is 0.667. The van der Waals surface area contributed by atoms with E-state index < -0.39 is 52.0 Å². The Hall–Kier alpha value is -1.16. The lowest BCUT2D eigenvalue weighted by Gasteiger charge is -2.23. The molecule has 0 aliphatic carbocycles. The van der Waals surface area contributed by atoms with Gasteiger partial charge in [-0.25, -0.2) is 9.59 Å². The fourth-order valence-electron chi connectivity index (χ4n) is 1.16. The van der Waals surface area contributed by atoms with Crippen molar-refractivity contribution < 1.29 is 58.0 Å². The van der Waals surface area contributed by atoms with Crippen LogP contribution in [0.15, 0.2) is 0 Å². The SMILES string of the molecule is O=C(O)OCC(CC(P(=O)(O)O)P(=O)(O)O)OC(=O)O. The highest BCUT2D eigenvalue weighted by Crippen LogP contribution is 2.61. The van der Waals surface area contributed by atoms with Gasteiger partial charge in [0, 0.05) is 6.42 Å². The number of rotatable bonds is 7. The first kappa shape index (κ1) is 18.8. The molecule has 0 aromatic heterocycles. The summed E-state index contributed by atoms with van der Waals surface area (Å²) in [7, 11) is -10.6. The molecule has 0 saturated carbocycles. The fourth-order valence-corrected chi connectivity index (χ4v) is 3.75. The van der Waals surface area contributed by atoms with E-state index in [-0.39, 0.29) is 0 Å². The second-order valence-corrected chi connectivity index (χ2v) is 7.49. The smallest absolute Gasteiger partial charge is 0.450 e. The van der Waals surface area contributed by atoms with Crippen LogP contribution in [0.5, 0.6) is 0 Å². The molecule has 6 N–H and O–H groups in total. The van der Waals surface area contributed by atoms with Gasteiger partial charge in [-0.1, -0.05) is 0 Å². The van der Waals surface area contributed by atoms with E-state index >= 15 is 0 Å². The van der Waals surface area contributed by atoms with Crippen LogP contribution in [0.2, 0.25) is 0 Å². The Morgan fingerprint density at radius 3 is 1.70 bits per heavy atom. The van der Waals surface area contributed by atoms with Gasteiger partial charge < -0.3 is 39.3 Å². The van der Waals surface area contributed by atoms with Crippen molar-refractivity contribution in [3.8, 4) is 0 Å². The molecule has 0 spiro atoms. The molecule has 0 heterocycles. The summed E-state index contributed by atoms with van der Waals surface area (Å²) in [5.41, 5.74) is 0. The van der Waals surface area contributed by atoms with Crippen molar-refractivity contribution in [1.82, 2.24) is 0 Å². The average molecular weight is 338 g/mol. The van der Waals surface area contributed by atoms with Gasteiger partial charge in [0.25, 0.3) is 0 Å². The maximum absolute atomic E-state index is 11.0. The van der Waals surface area contributed by atoms with E-state index in [9.17, 15) is 18.7 Å². The number of ether oxygens (including phenoxy) is 2. The van der Waals surface area contributed by atoms with Crippen LogP contribution in [0.25, 0.3) is 0 Å². The Kier molecular flexibility index (Phi) is 6.62. The average Bonchev–Trinajstić information content (AvgIpc) is 2.17. The van der Waals surface area contributed by atoms with Crippen molar-refractivity contribution in [3.63, 3.8) is 0 Å². The molecule has 0 radical (unpaired) electrons. The standard InChI is InChI=1S/C6H12O12P2/c7-5(8)17-2-3(18-6(9)10)1-4(19(11,12)13)20(14,15)16/h3-4H,1-2H2,(H,7,8)(H,9,10)(H2,11,12,13)(H2,14,15,16). The van der Waals surface area contributed by atoms with E-state index in [0.29, 0.717) is 0 Å². The molecule has 0 aliphatic heterocycles. The van der Waals surface area contributed by atoms with Crippen molar-refractivity contribution in [3.05, 3.63) is 0 Å². The summed E-state index contributed by atoms with van der Waals surface area (Å²) in [6.45, 7) is -0.974. The highest BCUT2D eigenvalue weighted by atomic mass is 31.2. The first-order valence-corrected chi connectivity index (χ1v) is 8.06. The molecule has 1 atom stereocenters. The number of hydrogen-bond acceptors (Lipinski definition) is 6. The van der Waals surface area contributed by atoms with Crippen molar-refractivity contribution in [1.29, 1.82) is 0 Å². The van der Waals surface area contributed by atoms with Crippen molar-refractivity contribution in [2.75, 3.05) is 6.61 Å². The third-order valence-electron chi connectivity index (χ3n) is 1.91. The van der Waals surface area contributed by atoms with Gasteiger partial charge in [0.2, 0.25) is 0 Å². The highest BCUT2D eigenvalue weighted by molar-refractivity contribution is 7.70. The lowest BCUT2D eigenvalue weighted by atomic mass is 10.3. The van der Waals surface area contributed by atoms with Crippen LogP contribution in [-0.4, -0.2) is 60.2 Å². The summed E-state index contributed by atoms with van der Waals surface area (Å²) in [6, 6.07) is 0. The molecule has 0 aromatic carbocycles. The zero-order chi connectivity index (χ0) is 16.1. The summed E-state index contributed by atoms with van der Waals surface area (Å²) in [4.78, 5) is 55.8. The molecule has 14 heteroatoms. The summed E-state index contributed by atoms with van der Waals surface area (Å²) in [5.74, 6) is 0. The highest BCUT2D eigenvalue weighted by Gasteiger charge is 2.45. The zero-order valence-electron chi connectivity index (χ0n) is 9.60. The van der Waals surface area contributed by atoms with Crippen molar-refractivity contribution in [2.24, 2.45) is 0 Å². The molecule has 0 aromatic rings. The van der Waals surface area contributed by atoms with Crippen LogP contribution < -0.4 is 0 Å². The molecule has 1 unspecified atom stereocenters. The van der Waals surface area contributed by atoms with Gasteiger partial charge in [0.05, 0.1) is 0 Å². The maximum atomic E-state index is 11.0. The minimum absolute atomic E-state index is 0.974. The lowest BCUT2D eigenvalue weighted by molar-refractivity contribution is 0.00224. The van der Waals surface area contributed by atoms with Gasteiger partial charge in [-0.3, -0.25) is 9.13 Å². The molecular weight excluding hydrogens is 326 g/mol. The van der Waals surface area contributed by atoms with Gasteiger partial charge >= 0.3 is 27.5 Å². The van der Waals surface area contributed by atoms with Crippen LogP contribution in [0.1, 0.15) is 6.42 Å². The topological polar surface area (TPSA) is 208 Å². The number of carbonyl (C=O) groups is 2. The molecule has 0 bridgehead atoms. The van der Waals surface area contributed by atoms with Gasteiger partial charge in [-0.2, -0.15) is 0 Å².